The van der Waals surface area contributed by atoms with Gasteiger partial charge in [-0.05, 0) is 40.5 Å². The number of benzene rings is 2. The Labute approximate surface area is 179 Å². The number of fused-ring (bicyclic) bond motifs is 2. The number of hydrogen-bond acceptors (Lipinski definition) is 6. The SMILES string of the molecule is COc1ncc(C2=NCc3cc4c(cc32)CN(Cc2cccc(C#N)c2)C(=O)C4)cn1. The van der Waals surface area contributed by atoms with E-state index in [0.717, 1.165) is 39.1 Å². The van der Waals surface area contributed by atoms with Crippen LogP contribution in [0.4, 0.5) is 0 Å². The number of carbonyl (C=O) groups is 1. The molecule has 0 N–H and O–H groups in total. The van der Waals surface area contributed by atoms with Crippen LogP contribution in [-0.2, 0) is 30.8 Å². The van der Waals surface area contributed by atoms with E-state index in [0.29, 0.717) is 37.6 Å². The van der Waals surface area contributed by atoms with Crippen molar-refractivity contribution in [3.63, 3.8) is 0 Å². The van der Waals surface area contributed by atoms with E-state index in [1.807, 2.05) is 23.1 Å². The molecule has 5 rings (SSSR count). The Morgan fingerprint density at radius 3 is 2.74 bits per heavy atom. The van der Waals surface area contributed by atoms with Gasteiger partial charge in [0.15, 0.2) is 0 Å². The van der Waals surface area contributed by atoms with Crippen LogP contribution in [0.3, 0.4) is 0 Å². The Morgan fingerprint density at radius 1 is 1.13 bits per heavy atom. The van der Waals surface area contributed by atoms with E-state index in [1.54, 1.807) is 18.5 Å². The maximum absolute atomic E-state index is 12.8. The molecule has 3 aromatic rings. The average molecular weight is 409 g/mol. The maximum Gasteiger partial charge on any atom is 0.316 e. The molecule has 2 aliphatic rings. The number of nitrogens with zero attached hydrogens (tertiary/aromatic N) is 5. The third kappa shape index (κ3) is 3.53. The van der Waals surface area contributed by atoms with Crippen LogP contribution in [0.25, 0.3) is 0 Å². The molecular formula is C24H19N5O2. The van der Waals surface area contributed by atoms with Crippen LogP contribution in [0.15, 0.2) is 53.8 Å². The van der Waals surface area contributed by atoms with E-state index in [2.05, 4.69) is 28.2 Å². The van der Waals surface area contributed by atoms with Crippen molar-refractivity contribution in [1.82, 2.24) is 14.9 Å². The molecule has 7 heteroatoms. The summed E-state index contributed by atoms with van der Waals surface area (Å²) in [5, 5.41) is 9.13. The molecule has 0 saturated carbocycles. The van der Waals surface area contributed by atoms with Gasteiger partial charge in [-0.3, -0.25) is 9.79 Å². The van der Waals surface area contributed by atoms with E-state index in [-0.39, 0.29) is 5.91 Å². The predicted octanol–water partition coefficient (Wildman–Crippen LogP) is 2.79. The molecule has 1 amide bonds. The summed E-state index contributed by atoms with van der Waals surface area (Å²) in [6, 6.07) is 14.1. The van der Waals surface area contributed by atoms with Crippen molar-refractivity contribution in [1.29, 1.82) is 5.26 Å². The van der Waals surface area contributed by atoms with Gasteiger partial charge in [0, 0.05) is 36.6 Å². The molecule has 2 aromatic carbocycles. The molecule has 31 heavy (non-hydrogen) atoms. The van der Waals surface area contributed by atoms with Crippen molar-refractivity contribution in [2.24, 2.45) is 4.99 Å². The van der Waals surface area contributed by atoms with Crippen molar-refractivity contribution in [3.8, 4) is 12.1 Å². The van der Waals surface area contributed by atoms with Crippen LogP contribution < -0.4 is 4.74 Å². The Morgan fingerprint density at radius 2 is 1.97 bits per heavy atom. The highest BCUT2D eigenvalue weighted by Crippen LogP contribution is 2.30. The van der Waals surface area contributed by atoms with E-state index in [9.17, 15) is 4.79 Å². The van der Waals surface area contributed by atoms with Crippen LogP contribution in [-0.4, -0.2) is 33.6 Å². The summed E-state index contributed by atoms with van der Waals surface area (Å²) in [5.74, 6) is 0.0949. The molecule has 0 saturated heterocycles. The zero-order chi connectivity index (χ0) is 21.4. The van der Waals surface area contributed by atoms with Gasteiger partial charge in [-0.2, -0.15) is 5.26 Å². The van der Waals surface area contributed by atoms with Crippen molar-refractivity contribution < 1.29 is 9.53 Å². The van der Waals surface area contributed by atoms with Crippen molar-refractivity contribution in [2.75, 3.05) is 7.11 Å². The fraction of sp³-hybridized carbons (Fsp3) is 0.208. The van der Waals surface area contributed by atoms with Gasteiger partial charge in [-0.25, -0.2) is 9.97 Å². The molecule has 0 bridgehead atoms. The highest BCUT2D eigenvalue weighted by Gasteiger charge is 2.27. The van der Waals surface area contributed by atoms with Crippen LogP contribution >= 0.6 is 0 Å². The Balaban J connectivity index is 1.43. The van der Waals surface area contributed by atoms with Gasteiger partial charge in [-0.1, -0.05) is 18.2 Å². The highest BCUT2D eigenvalue weighted by atomic mass is 16.5. The molecule has 0 atom stereocenters. The van der Waals surface area contributed by atoms with Gasteiger partial charge in [0.1, 0.15) is 0 Å². The summed E-state index contributed by atoms with van der Waals surface area (Å²) in [7, 11) is 1.54. The highest BCUT2D eigenvalue weighted by molar-refractivity contribution is 6.15. The summed E-state index contributed by atoms with van der Waals surface area (Å²) >= 11 is 0. The van der Waals surface area contributed by atoms with Crippen molar-refractivity contribution in [3.05, 3.63) is 87.7 Å². The van der Waals surface area contributed by atoms with Gasteiger partial charge in [-0.15, -0.1) is 0 Å². The van der Waals surface area contributed by atoms with E-state index >= 15 is 0 Å². The molecule has 0 fully saturated rings. The van der Waals surface area contributed by atoms with Gasteiger partial charge >= 0.3 is 6.01 Å². The first-order valence-corrected chi connectivity index (χ1v) is 9.97. The second-order valence-corrected chi connectivity index (χ2v) is 7.64. The smallest absolute Gasteiger partial charge is 0.316 e. The van der Waals surface area contributed by atoms with Gasteiger partial charge in [0.2, 0.25) is 5.91 Å². The number of hydrogen-bond donors (Lipinski definition) is 0. The van der Waals surface area contributed by atoms with E-state index < -0.39 is 0 Å². The zero-order valence-electron chi connectivity index (χ0n) is 17.0. The largest absolute Gasteiger partial charge is 0.467 e. The summed E-state index contributed by atoms with van der Waals surface area (Å²) < 4.78 is 5.04. The molecule has 3 heterocycles. The van der Waals surface area contributed by atoms with Crippen molar-refractivity contribution >= 4 is 11.6 Å². The minimum Gasteiger partial charge on any atom is -0.467 e. The standard InChI is InChI=1S/C24H19N5O2/c1-31-24-27-11-20(12-28-24)23-21-7-19-14-29(13-16-4-2-3-15(5-16)9-25)22(30)8-17(19)6-18(21)10-26-23/h2-7,11-12H,8,10,13-14H2,1H3. The molecule has 0 spiro atoms. The third-order valence-corrected chi connectivity index (χ3v) is 5.66. The number of methoxy groups -OCH3 is 1. The molecule has 152 valence electrons. The summed E-state index contributed by atoms with van der Waals surface area (Å²) in [6.45, 7) is 1.60. The van der Waals surface area contributed by atoms with Crippen LogP contribution in [0.1, 0.15) is 38.9 Å². The average Bonchev–Trinajstić information content (AvgIpc) is 3.21. The Kier molecular flexibility index (Phi) is 4.68. The number of amides is 1. The maximum atomic E-state index is 12.8. The molecule has 7 nitrogen and oxygen atoms in total. The topological polar surface area (TPSA) is 91.5 Å². The lowest BCUT2D eigenvalue weighted by Crippen LogP contribution is -2.35. The number of nitriles is 1. The lowest BCUT2D eigenvalue weighted by atomic mass is 9.91. The first kappa shape index (κ1) is 18.9. The van der Waals surface area contributed by atoms with Crippen LogP contribution in [0, 0.1) is 11.3 Å². The normalized spacial score (nSPS) is 14.5. The third-order valence-electron chi connectivity index (χ3n) is 5.66. The number of aliphatic imine (C=N–C) groups is 1. The molecule has 0 aliphatic carbocycles. The van der Waals surface area contributed by atoms with Gasteiger partial charge in [0.05, 0.1) is 37.4 Å². The summed E-state index contributed by atoms with van der Waals surface area (Å²) in [4.78, 5) is 27.7. The Hall–Kier alpha value is -4.05. The summed E-state index contributed by atoms with van der Waals surface area (Å²) in [5.41, 5.74) is 7.63. The first-order chi connectivity index (χ1) is 15.1. The number of aromatic nitrogens is 2. The van der Waals surface area contributed by atoms with E-state index in [4.69, 9.17) is 15.0 Å². The van der Waals surface area contributed by atoms with Crippen LogP contribution in [0.5, 0.6) is 6.01 Å². The molecule has 0 unspecified atom stereocenters. The Bertz CT molecular complexity index is 1260. The summed E-state index contributed by atoms with van der Waals surface area (Å²) in [6.07, 6.45) is 3.82. The molecule has 1 aromatic heterocycles. The second-order valence-electron chi connectivity index (χ2n) is 7.64. The molecule has 0 radical (unpaired) electrons. The lowest BCUT2D eigenvalue weighted by molar-refractivity contribution is -0.132. The second kappa shape index (κ2) is 7.65. The monoisotopic (exact) mass is 409 g/mol. The molecule has 2 aliphatic heterocycles. The van der Waals surface area contributed by atoms with Gasteiger partial charge in [0.25, 0.3) is 0 Å². The predicted molar refractivity (Wildman–Crippen MR) is 113 cm³/mol. The molecular weight excluding hydrogens is 390 g/mol. The fourth-order valence-electron chi connectivity index (χ4n) is 4.12. The fourth-order valence-corrected chi connectivity index (χ4v) is 4.12. The van der Waals surface area contributed by atoms with Gasteiger partial charge < -0.3 is 9.64 Å². The minimum atomic E-state index is 0.0949. The van der Waals surface area contributed by atoms with Crippen molar-refractivity contribution in [2.45, 2.75) is 26.1 Å². The number of carbonyl (C=O) groups excluding carboxylic acids is 1. The minimum absolute atomic E-state index is 0.0949. The zero-order valence-corrected chi connectivity index (χ0v) is 17.0. The number of rotatable bonds is 4. The van der Waals surface area contributed by atoms with E-state index in [1.165, 1.54) is 7.11 Å². The number of ether oxygens (including phenoxy) is 1. The van der Waals surface area contributed by atoms with Crippen LogP contribution in [0.2, 0.25) is 0 Å². The lowest BCUT2D eigenvalue weighted by Gasteiger charge is -2.29. The quantitative estimate of drug-likeness (QED) is 0.661. The first-order valence-electron chi connectivity index (χ1n) is 9.97.